The Kier molecular flexibility index (Phi) is 3.76. The van der Waals surface area contributed by atoms with Gasteiger partial charge in [-0.15, -0.1) is 0 Å². The minimum atomic E-state index is -0.315. The van der Waals surface area contributed by atoms with E-state index in [1.165, 1.54) is 12.1 Å². The number of nitrogens with zero attached hydrogens (tertiary/aromatic N) is 2. The highest BCUT2D eigenvalue weighted by Crippen LogP contribution is 2.39. The predicted octanol–water partition coefficient (Wildman–Crippen LogP) is 5.96. The molecule has 0 radical (unpaired) electrons. The number of benzene rings is 3. The number of aromatic nitrogens is 1. The van der Waals surface area contributed by atoms with Crippen molar-refractivity contribution in [3.05, 3.63) is 89.3 Å². The molecule has 0 unspecified atom stereocenters. The van der Waals surface area contributed by atoms with Crippen molar-refractivity contribution in [3.63, 3.8) is 0 Å². The van der Waals surface area contributed by atoms with Crippen LogP contribution in [0.1, 0.15) is 5.69 Å². The smallest absolute Gasteiger partial charge is 0.133 e. The Balaban J connectivity index is 2.14. The average molecular weight is 347 g/mol. The summed E-state index contributed by atoms with van der Waals surface area (Å²) in [6.45, 7) is 0. The summed E-state index contributed by atoms with van der Waals surface area (Å²) in [6.07, 6.45) is 0. The summed E-state index contributed by atoms with van der Waals surface area (Å²) < 4.78 is 15.2. The van der Waals surface area contributed by atoms with Crippen LogP contribution in [0.15, 0.2) is 72.8 Å². The van der Waals surface area contributed by atoms with Crippen LogP contribution >= 0.6 is 11.6 Å². The number of rotatable bonds is 2. The Bertz CT molecular complexity index is 1120. The zero-order chi connectivity index (χ0) is 17.4. The zero-order valence-corrected chi connectivity index (χ0v) is 13.8. The quantitative estimate of drug-likeness (QED) is 0.440. The normalized spacial score (nSPS) is 10.8. The first-order valence-corrected chi connectivity index (χ1v) is 8.13. The molecule has 0 saturated carbocycles. The van der Waals surface area contributed by atoms with E-state index in [1.54, 1.807) is 12.1 Å². The largest absolute Gasteiger partial charge is 0.300 e. The summed E-state index contributed by atoms with van der Waals surface area (Å²) in [7, 11) is 0. The van der Waals surface area contributed by atoms with E-state index < -0.39 is 0 Å². The van der Waals surface area contributed by atoms with Gasteiger partial charge in [0.2, 0.25) is 0 Å². The molecule has 0 spiro atoms. The van der Waals surface area contributed by atoms with Crippen molar-refractivity contribution in [1.82, 2.24) is 4.57 Å². The van der Waals surface area contributed by atoms with E-state index in [1.807, 2.05) is 53.1 Å². The molecule has 1 aromatic heterocycles. The van der Waals surface area contributed by atoms with Crippen LogP contribution in [0.4, 0.5) is 4.39 Å². The molecule has 0 aliphatic rings. The van der Waals surface area contributed by atoms with Gasteiger partial charge in [-0.1, -0.05) is 48.0 Å². The fourth-order valence-electron chi connectivity index (χ4n) is 3.14. The highest BCUT2D eigenvalue weighted by Gasteiger charge is 2.20. The molecule has 0 atom stereocenters. The van der Waals surface area contributed by atoms with Crippen molar-refractivity contribution in [1.29, 1.82) is 5.26 Å². The maximum atomic E-state index is 13.3. The van der Waals surface area contributed by atoms with Crippen LogP contribution in [0.3, 0.4) is 0 Å². The summed E-state index contributed by atoms with van der Waals surface area (Å²) in [6, 6.07) is 23.6. The lowest BCUT2D eigenvalue weighted by Gasteiger charge is -2.08. The molecule has 0 amide bonds. The summed E-state index contributed by atoms with van der Waals surface area (Å²) in [4.78, 5) is 0. The number of para-hydroxylation sites is 1. The van der Waals surface area contributed by atoms with E-state index in [4.69, 9.17) is 11.6 Å². The summed E-state index contributed by atoms with van der Waals surface area (Å²) in [5.74, 6) is -0.315. The molecule has 4 heteroatoms. The third kappa shape index (κ3) is 2.48. The maximum Gasteiger partial charge on any atom is 0.133 e. The van der Waals surface area contributed by atoms with E-state index in [0.717, 1.165) is 27.7 Å². The lowest BCUT2D eigenvalue weighted by atomic mass is 10.0. The second-order valence-electron chi connectivity index (χ2n) is 5.64. The third-order valence-corrected chi connectivity index (χ3v) is 4.54. The fourth-order valence-corrected chi connectivity index (χ4v) is 3.37. The molecule has 2 nitrogen and oxygen atoms in total. The van der Waals surface area contributed by atoms with E-state index in [0.29, 0.717) is 10.7 Å². The average Bonchev–Trinajstić information content (AvgIpc) is 2.97. The lowest BCUT2D eigenvalue weighted by molar-refractivity contribution is 0.627. The van der Waals surface area contributed by atoms with Crippen molar-refractivity contribution in [2.45, 2.75) is 0 Å². The van der Waals surface area contributed by atoms with Gasteiger partial charge in [0.05, 0.1) is 5.52 Å². The molecular weight excluding hydrogens is 335 g/mol. The topological polar surface area (TPSA) is 28.7 Å². The molecule has 4 rings (SSSR count). The lowest BCUT2D eigenvalue weighted by Crippen LogP contribution is -1.97. The van der Waals surface area contributed by atoms with Crippen LogP contribution in [-0.4, -0.2) is 4.57 Å². The Morgan fingerprint density at radius 2 is 1.56 bits per heavy atom. The molecule has 1 heterocycles. The molecule has 25 heavy (non-hydrogen) atoms. The van der Waals surface area contributed by atoms with Crippen molar-refractivity contribution in [2.75, 3.05) is 0 Å². The molecule has 0 aliphatic heterocycles. The van der Waals surface area contributed by atoms with Crippen LogP contribution in [0.2, 0.25) is 5.02 Å². The van der Waals surface area contributed by atoms with Crippen LogP contribution in [0, 0.1) is 17.1 Å². The Hall–Kier alpha value is -3.09. The molecule has 3 aromatic carbocycles. The van der Waals surface area contributed by atoms with Crippen molar-refractivity contribution < 1.29 is 4.39 Å². The maximum absolute atomic E-state index is 13.3. The molecule has 120 valence electrons. The van der Waals surface area contributed by atoms with Crippen LogP contribution in [0.5, 0.6) is 0 Å². The second-order valence-corrected chi connectivity index (χ2v) is 6.05. The monoisotopic (exact) mass is 346 g/mol. The molecule has 4 aromatic rings. The number of nitriles is 1. The highest BCUT2D eigenvalue weighted by atomic mass is 35.5. The number of hydrogen-bond donors (Lipinski definition) is 0. The van der Waals surface area contributed by atoms with Crippen molar-refractivity contribution >= 4 is 22.5 Å². The SMILES string of the molecule is N#Cc1c(-c2ccccc2Cl)c2ccccc2n1-c1ccc(F)cc1. The van der Waals surface area contributed by atoms with Gasteiger partial charge in [-0.3, -0.25) is 0 Å². The van der Waals surface area contributed by atoms with Crippen LogP contribution < -0.4 is 0 Å². The number of halogens is 2. The standard InChI is InChI=1S/C21H12ClFN2/c22-18-7-3-1-5-16(18)21-17-6-2-4-8-19(17)25(20(21)13-24)15-11-9-14(23)10-12-15/h1-12H. The van der Waals surface area contributed by atoms with Crippen LogP contribution in [-0.2, 0) is 0 Å². The van der Waals surface area contributed by atoms with Gasteiger partial charge in [0.1, 0.15) is 17.6 Å². The van der Waals surface area contributed by atoms with Gasteiger partial charge in [0, 0.05) is 27.2 Å². The number of hydrogen-bond acceptors (Lipinski definition) is 1. The van der Waals surface area contributed by atoms with Gasteiger partial charge in [-0.2, -0.15) is 5.26 Å². The van der Waals surface area contributed by atoms with E-state index >= 15 is 0 Å². The molecule has 0 fully saturated rings. The molecule has 0 aliphatic carbocycles. The van der Waals surface area contributed by atoms with Crippen molar-refractivity contribution in [3.8, 4) is 22.9 Å². The van der Waals surface area contributed by atoms with Crippen LogP contribution in [0.25, 0.3) is 27.7 Å². The Labute approximate surface area is 149 Å². The van der Waals surface area contributed by atoms with E-state index in [-0.39, 0.29) is 5.82 Å². The first-order chi connectivity index (χ1) is 12.2. The summed E-state index contributed by atoms with van der Waals surface area (Å²) in [5, 5.41) is 11.4. The van der Waals surface area contributed by atoms with Gasteiger partial charge in [-0.05, 0) is 36.4 Å². The second kappa shape index (κ2) is 6.08. The molecular formula is C21H12ClFN2. The molecule has 0 saturated heterocycles. The summed E-state index contributed by atoms with van der Waals surface area (Å²) >= 11 is 6.40. The van der Waals surface area contributed by atoms with E-state index in [2.05, 4.69) is 6.07 Å². The minimum absolute atomic E-state index is 0.315. The Morgan fingerprint density at radius 1 is 0.880 bits per heavy atom. The first kappa shape index (κ1) is 15.4. The third-order valence-electron chi connectivity index (χ3n) is 4.21. The fraction of sp³-hybridized carbons (Fsp3) is 0. The van der Waals surface area contributed by atoms with Gasteiger partial charge >= 0.3 is 0 Å². The first-order valence-electron chi connectivity index (χ1n) is 7.75. The number of fused-ring (bicyclic) bond motifs is 1. The summed E-state index contributed by atoms with van der Waals surface area (Å²) in [5.41, 5.74) is 3.67. The van der Waals surface area contributed by atoms with Crippen molar-refractivity contribution in [2.24, 2.45) is 0 Å². The van der Waals surface area contributed by atoms with Gasteiger partial charge in [0.15, 0.2) is 0 Å². The van der Waals surface area contributed by atoms with Gasteiger partial charge in [-0.25, -0.2) is 4.39 Å². The van der Waals surface area contributed by atoms with E-state index in [9.17, 15) is 9.65 Å². The van der Waals surface area contributed by atoms with Gasteiger partial charge < -0.3 is 4.57 Å². The minimum Gasteiger partial charge on any atom is -0.300 e. The molecule has 0 bridgehead atoms. The highest BCUT2D eigenvalue weighted by molar-refractivity contribution is 6.33. The Morgan fingerprint density at radius 3 is 2.28 bits per heavy atom. The van der Waals surface area contributed by atoms with Gasteiger partial charge in [0.25, 0.3) is 0 Å². The molecule has 0 N–H and O–H groups in total. The zero-order valence-electron chi connectivity index (χ0n) is 13.1. The predicted molar refractivity (Wildman–Crippen MR) is 98.4 cm³/mol.